The van der Waals surface area contributed by atoms with E-state index in [1.807, 2.05) is 60.7 Å². The number of rotatable bonds is 7. The monoisotopic (exact) mass is 347 g/mol. The topological polar surface area (TPSA) is 33.1 Å². The summed E-state index contributed by atoms with van der Waals surface area (Å²) in [6.45, 7) is 0.572. The minimum Gasteiger partial charge on any atom is -0.489 e. The molecule has 3 heteroatoms. The summed E-state index contributed by atoms with van der Waals surface area (Å²) in [5.74, 6) is 1.70. The van der Waals surface area contributed by atoms with E-state index in [1.165, 1.54) is 5.56 Å². The fourth-order valence-electron chi connectivity index (χ4n) is 2.43. The third-order valence-electron chi connectivity index (χ3n) is 3.79. The molecular formula is C22H21NOS. The van der Waals surface area contributed by atoms with Gasteiger partial charge in [0.25, 0.3) is 0 Å². The molecule has 0 bridgehead atoms. The number of nitrogens with one attached hydrogen (secondary N) is 1. The molecule has 0 unspecified atom stereocenters. The van der Waals surface area contributed by atoms with Crippen molar-refractivity contribution in [2.45, 2.75) is 18.8 Å². The maximum Gasteiger partial charge on any atom is 0.119 e. The molecule has 0 aliphatic heterocycles. The summed E-state index contributed by atoms with van der Waals surface area (Å²) in [5, 5.41) is 8.84. The molecule has 0 atom stereocenters. The van der Waals surface area contributed by atoms with E-state index in [2.05, 4.69) is 24.3 Å². The SMILES string of the molecule is N=C(Cc1ccc(OCc2ccccc2)cc1)SCc1ccccc1. The van der Waals surface area contributed by atoms with Crippen molar-refractivity contribution in [2.24, 2.45) is 0 Å². The van der Waals surface area contributed by atoms with E-state index < -0.39 is 0 Å². The number of hydrogen-bond donors (Lipinski definition) is 1. The van der Waals surface area contributed by atoms with Crippen LogP contribution < -0.4 is 4.74 Å². The highest BCUT2D eigenvalue weighted by Crippen LogP contribution is 2.18. The molecule has 0 aliphatic rings. The second kappa shape index (κ2) is 9.09. The largest absolute Gasteiger partial charge is 0.489 e. The summed E-state index contributed by atoms with van der Waals surface area (Å²) in [7, 11) is 0. The number of ether oxygens (including phenoxy) is 1. The standard InChI is InChI=1S/C22H21NOS/c23-22(25-17-20-9-5-2-6-10-20)15-18-11-13-21(14-12-18)24-16-19-7-3-1-4-8-19/h1-14,23H,15-17H2. The predicted octanol–water partition coefficient (Wildman–Crippen LogP) is 5.72. The van der Waals surface area contributed by atoms with Crippen molar-refractivity contribution in [1.82, 2.24) is 0 Å². The highest BCUT2D eigenvalue weighted by molar-refractivity contribution is 8.13. The molecule has 0 fully saturated rings. The van der Waals surface area contributed by atoms with Crippen molar-refractivity contribution in [3.63, 3.8) is 0 Å². The second-order valence-electron chi connectivity index (χ2n) is 5.79. The summed E-state index contributed by atoms with van der Waals surface area (Å²) >= 11 is 1.59. The Bertz CT molecular complexity index is 785. The van der Waals surface area contributed by atoms with Crippen LogP contribution in [0.2, 0.25) is 0 Å². The van der Waals surface area contributed by atoms with Crippen LogP contribution in [0.5, 0.6) is 5.75 Å². The Morgan fingerprint density at radius 1 is 0.720 bits per heavy atom. The van der Waals surface area contributed by atoms with Crippen LogP contribution >= 0.6 is 11.8 Å². The molecule has 3 rings (SSSR count). The highest BCUT2D eigenvalue weighted by Gasteiger charge is 2.03. The molecule has 3 aromatic rings. The van der Waals surface area contributed by atoms with Gasteiger partial charge in [-0.1, -0.05) is 72.8 Å². The van der Waals surface area contributed by atoms with Gasteiger partial charge in [0.15, 0.2) is 0 Å². The molecule has 0 amide bonds. The van der Waals surface area contributed by atoms with Gasteiger partial charge in [-0.15, -0.1) is 11.8 Å². The first-order valence-electron chi connectivity index (χ1n) is 8.29. The van der Waals surface area contributed by atoms with Gasteiger partial charge in [0.05, 0.1) is 5.04 Å². The first kappa shape index (κ1) is 17.3. The summed E-state index contributed by atoms with van der Waals surface area (Å²) in [6.07, 6.45) is 0.663. The predicted molar refractivity (Wildman–Crippen MR) is 106 cm³/mol. The van der Waals surface area contributed by atoms with Gasteiger partial charge in [0.2, 0.25) is 0 Å². The number of hydrogen-bond acceptors (Lipinski definition) is 3. The van der Waals surface area contributed by atoms with Crippen molar-refractivity contribution in [2.75, 3.05) is 0 Å². The third kappa shape index (κ3) is 5.80. The summed E-state index contributed by atoms with van der Waals surface area (Å²) in [4.78, 5) is 0. The van der Waals surface area contributed by atoms with E-state index in [9.17, 15) is 0 Å². The maximum absolute atomic E-state index is 8.15. The van der Waals surface area contributed by atoms with Crippen LogP contribution in [-0.2, 0) is 18.8 Å². The van der Waals surface area contributed by atoms with E-state index in [4.69, 9.17) is 10.1 Å². The highest BCUT2D eigenvalue weighted by atomic mass is 32.2. The van der Waals surface area contributed by atoms with Crippen molar-refractivity contribution >= 4 is 16.8 Å². The molecule has 0 saturated carbocycles. The van der Waals surface area contributed by atoms with Crippen molar-refractivity contribution in [3.8, 4) is 5.75 Å². The Morgan fingerprint density at radius 2 is 1.32 bits per heavy atom. The fraction of sp³-hybridized carbons (Fsp3) is 0.136. The van der Waals surface area contributed by atoms with E-state index in [-0.39, 0.29) is 0 Å². The molecule has 1 N–H and O–H groups in total. The summed E-state index contributed by atoms with van der Waals surface area (Å²) in [5.41, 5.74) is 3.55. The minimum atomic E-state index is 0.572. The van der Waals surface area contributed by atoms with E-state index in [0.717, 1.165) is 22.6 Å². The van der Waals surface area contributed by atoms with Crippen LogP contribution in [0.4, 0.5) is 0 Å². The Morgan fingerprint density at radius 3 is 1.96 bits per heavy atom. The third-order valence-corrected chi connectivity index (χ3v) is 4.76. The van der Waals surface area contributed by atoms with Crippen molar-refractivity contribution in [1.29, 1.82) is 5.41 Å². The first-order valence-corrected chi connectivity index (χ1v) is 9.28. The van der Waals surface area contributed by atoms with Crippen molar-refractivity contribution < 1.29 is 4.74 Å². The van der Waals surface area contributed by atoms with E-state index in [0.29, 0.717) is 18.1 Å². The van der Waals surface area contributed by atoms with E-state index in [1.54, 1.807) is 11.8 Å². The average molecular weight is 347 g/mol. The molecule has 0 spiro atoms. The first-order chi connectivity index (χ1) is 12.3. The quantitative estimate of drug-likeness (QED) is 0.438. The zero-order valence-corrected chi connectivity index (χ0v) is 14.8. The van der Waals surface area contributed by atoms with E-state index >= 15 is 0 Å². The minimum absolute atomic E-state index is 0.572. The number of benzene rings is 3. The molecule has 0 radical (unpaired) electrons. The Kier molecular flexibility index (Phi) is 6.29. The fourth-order valence-corrected chi connectivity index (χ4v) is 3.23. The zero-order valence-electron chi connectivity index (χ0n) is 14.0. The smallest absolute Gasteiger partial charge is 0.119 e. The Balaban J connectivity index is 1.46. The molecule has 0 aliphatic carbocycles. The molecule has 0 heterocycles. The molecule has 2 nitrogen and oxygen atoms in total. The average Bonchev–Trinajstić information content (AvgIpc) is 2.67. The lowest BCUT2D eigenvalue weighted by molar-refractivity contribution is 0.306. The van der Waals surface area contributed by atoms with Gasteiger partial charge < -0.3 is 4.74 Å². The molecular weight excluding hydrogens is 326 g/mol. The lowest BCUT2D eigenvalue weighted by Gasteiger charge is -2.08. The van der Waals surface area contributed by atoms with Gasteiger partial charge in [0, 0.05) is 12.2 Å². The van der Waals surface area contributed by atoms with Crippen LogP contribution in [0.1, 0.15) is 16.7 Å². The zero-order chi connectivity index (χ0) is 17.3. The van der Waals surface area contributed by atoms with Gasteiger partial charge in [-0.25, -0.2) is 0 Å². The second-order valence-corrected chi connectivity index (χ2v) is 6.86. The van der Waals surface area contributed by atoms with Crippen LogP contribution in [0.3, 0.4) is 0 Å². The normalized spacial score (nSPS) is 10.4. The van der Waals surface area contributed by atoms with Crippen molar-refractivity contribution in [3.05, 3.63) is 102 Å². The molecule has 0 saturated heterocycles. The Labute approximate surface area is 153 Å². The maximum atomic E-state index is 8.15. The van der Waals surface area contributed by atoms with Gasteiger partial charge in [-0.2, -0.15) is 0 Å². The molecule has 126 valence electrons. The lowest BCUT2D eigenvalue weighted by Crippen LogP contribution is -1.98. The van der Waals surface area contributed by atoms with Crippen LogP contribution in [0, 0.1) is 5.41 Å². The van der Waals surface area contributed by atoms with Gasteiger partial charge in [0.1, 0.15) is 12.4 Å². The molecule has 25 heavy (non-hydrogen) atoms. The molecule has 0 aromatic heterocycles. The Hall–Kier alpha value is -2.52. The number of thioether (sulfide) groups is 1. The summed E-state index contributed by atoms with van der Waals surface area (Å²) in [6, 6.07) is 28.5. The lowest BCUT2D eigenvalue weighted by atomic mass is 10.1. The van der Waals surface area contributed by atoms with Gasteiger partial charge in [-0.05, 0) is 28.8 Å². The summed E-state index contributed by atoms with van der Waals surface area (Å²) < 4.78 is 5.80. The van der Waals surface area contributed by atoms with Gasteiger partial charge >= 0.3 is 0 Å². The van der Waals surface area contributed by atoms with Gasteiger partial charge in [-0.3, -0.25) is 5.41 Å². The van der Waals surface area contributed by atoms with Crippen LogP contribution in [0.25, 0.3) is 0 Å². The van der Waals surface area contributed by atoms with Crippen LogP contribution in [0.15, 0.2) is 84.9 Å². The van der Waals surface area contributed by atoms with Crippen LogP contribution in [-0.4, -0.2) is 5.04 Å². The molecule has 3 aromatic carbocycles.